The number of hydrogen-bond acceptors (Lipinski definition) is 7. The number of hydrogen-bond donors (Lipinski definition) is 3. The van der Waals surface area contributed by atoms with Crippen molar-refractivity contribution in [3.8, 4) is 0 Å². The van der Waals surface area contributed by atoms with Crippen molar-refractivity contribution in [1.82, 2.24) is 10.7 Å². The van der Waals surface area contributed by atoms with Crippen molar-refractivity contribution in [1.29, 1.82) is 0 Å². The molecule has 0 spiro atoms. The number of nitro groups is 1. The highest BCUT2D eigenvalue weighted by Crippen LogP contribution is 2.65. The fourth-order valence-corrected chi connectivity index (χ4v) is 7.30. The number of rotatable bonds is 13. The molecule has 4 aliphatic rings. The molecule has 236 valence electrons. The van der Waals surface area contributed by atoms with Crippen LogP contribution in [-0.2, 0) is 14.1 Å². The number of amides is 1. The van der Waals surface area contributed by atoms with Crippen LogP contribution in [0.15, 0.2) is 23.2 Å². The summed E-state index contributed by atoms with van der Waals surface area (Å²) in [6, 6.07) is 4.31. The lowest BCUT2D eigenvalue weighted by Crippen LogP contribution is -2.65. The summed E-state index contributed by atoms with van der Waals surface area (Å²) in [4.78, 5) is 41.6. The molecule has 1 amide bonds. The normalized spacial score (nSPS) is 27.2. The third-order valence-electron chi connectivity index (χ3n) is 9.77. The number of nitrogens with zero attached hydrogens (tertiary/aromatic N) is 2. The van der Waals surface area contributed by atoms with E-state index >= 15 is 0 Å². The molecule has 0 radical (unpaired) electrons. The van der Waals surface area contributed by atoms with E-state index in [9.17, 15) is 24.1 Å². The van der Waals surface area contributed by atoms with E-state index in [0.29, 0.717) is 24.7 Å². The number of aliphatic imine (C=N–C) groups is 1. The van der Waals surface area contributed by atoms with E-state index in [0.717, 1.165) is 18.4 Å². The van der Waals surface area contributed by atoms with Crippen LogP contribution < -0.4 is 16.5 Å². The average molecular weight is 602 g/mol. The molecule has 1 aromatic carbocycles. The Hall–Kier alpha value is -3.06. The van der Waals surface area contributed by atoms with Crippen molar-refractivity contribution in [2.45, 2.75) is 97.7 Å². The first-order valence-electron chi connectivity index (χ1n) is 15.3. The molecule has 1 saturated heterocycles. The second kappa shape index (κ2) is 12.9. The Morgan fingerprint density at radius 2 is 2.00 bits per heavy atom. The van der Waals surface area contributed by atoms with Gasteiger partial charge in [-0.25, -0.2) is 19.5 Å². The molecule has 1 aliphatic heterocycles. The van der Waals surface area contributed by atoms with Crippen molar-refractivity contribution in [3.63, 3.8) is 0 Å². The van der Waals surface area contributed by atoms with E-state index in [2.05, 4.69) is 44.9 Å². The van der Waals surface area contributed by atoms with E-state index < -0.39 is 41.2 Å². The predicted molar refractivity (Wildman–Crippen MR) is 161 cm³/mol. The maximum absolute atomic E-state index is 14.6. The smallest absolute Gasteiger partial charge is 0.404 e. The minimum Gasteiger partial charge on any atom is -0.404 e. The zero-order valence-corrected chi connectivity index (χ0v) is 26.0. The van der Waals surface area contributed by atoms with Gasteiger partial charge in [-0.3, -0.25) is 9.59 Å². The lowest BCUT2D eigenvalue weighted by Gasteiger charge is -2.64. The predicted octanol–water partition coefficient (Wildman–Crippen LogP) is 4.00. The Balaban J connectivity index is 1.49. The van der Waals surface area contributed by atoms with E-state index in [-0.39, 0.29) is 54.3 Å². The summed E-state index contributed by atoms with van der Waals surface area (Å²) in [6.45, 7) is 12.7. The minimum absolute atomic E-state index is 0.0430. The van der Waals surface area contributed by atoms with E-state index in [4.69, 9.17) is 15.0 Å². The van der Waals surface area contributed by atoms with Gasteiger partial charge in [-0.05, 0) is 81.3 Å². The van der Waals surface area contributed by atoms with Gasteiger partial charge >= 0.3 is 7.12 Å². The highest BCUT2D eigenvalue weighted by atomic mass is 19.1. The Morgan fingerprint density at radius 1 is 1.28 bits per heavy atom. The van der Waals surface area contributed by atoms with Crippen molar-refractivity contribution >= 4 is 24.8 Å². The molecular weight excluding hydrogens is 556 g/mol. The highest BCUT2D eigenvalue weighted by molar-refractivity contribution is 6.47. The number of guanidine groups is 1. The van der Waals surface area contributed by atoms with Gasteiger partial charge in [-0.15, -0.1) is 0 Å². The molecule has 6 atom stereocenters. The number of nitrogens with two attached hydrogens (primary N) is 1. The fourth-order valence-electron chi connectivity index (χ4n) is 7.30. The van der Waals surface area contributed by atoms with Crippen LogP contribution in [0.3, 0.4) is 0 Å². The first-order valence-corrected chi connectivity index (χ1v) is 15.3. The Labute approximate surface area is 253 Å². The number of hydrazine groups is 1. The number of halogens is 1. The number of aryl methyl sites for hydroxylation is 1. The molecule has 1 aromatic rings. The number of carbonyl (C=O) groups excluding carboxylic acids is 2. The molecule has 0 aromatic heterocycles. The van der Waals surface area contributed by atoms with Gasteiger partial charge in [0.2, 0.25) is 5.91 Å². The molecule has 1 heterocycles. The third-order valence-corrected chi connectivity index (χ3v) is 9.77. The quantitative estimate of drug-likeness (QED) is 0.0582. The van der Waals surface area contributed by atoms with Gasteiger partial charge in [0.15, 0.2) is 10.8 Å². The maximum Gasteiger partial charge on any atom is 0.481 e. The van der Waals surface area contributed by atoms with Crippen molar-refractivity contribution in [3.05, 3.63) is 45.3 Å². The van der Waals surface area contributed by atoms with Gasteiger partial charge in [0.1, 0.15) is 5.82 Å². The van der Waals surface area contributed by atoms with Crippen LogP contribution >= 0.6 is 0 Å². The lowest BCUT2D eigenvalue weighted by molar-refractivity contribution is -0.525. The molecular formula is C30H45BFN5O6. The van der Waals surface area contributed by atoms with Crippen LogP contribution in [0.2, 0.25) is 0 Å². The SMILES string of the molecule is Cc1ccc(F)c(C(=O)C[C@@H](CCCN=C(N)N[N+](=O)[O-])C(=O)N[C@@H](CC(C)C)B2O[C@@H]3C[C@@H]4C[C@@H](C4(C)C)[C@]3(C)O2)c1. The van der Waals surface area contributed by atoms with Gasteiger partial charge in [0.25, 0.3) is 5.96 Å². The van der Waals surface area contributed by atoms with Crippen LogP contribution in [-0.4, -0.2) is 54.0 Å². The van der Waals surface area contributed by atoms with Gasteiger partial charge < -0.3 is 20.4 Å². The number of ketones is 1. The zero-order valence-electron chi connectivity index (χ0n) is 26.0. The second-order valence-electron chi connectivity index (χ2n) is 13.7. The molecule has 2 bridgehead atoms. The highest BCUT2D eigenvalue weighted by Gasteiger charge is 2.68. The Bertz CT molecular complexity index is 1260. The summed E-state index contributed by atoms with van der Waals surface area (Å²) in [5.74, 6) is -1.88. The van der Waals surface area contributed by atoms with Crippen LogP contribution in [0.5, 0.6) is 0 Å². The van der Waals surface area contributed by atoms with Gasteiger partial charge in [0.05, 0.1) is 23.2 Å². The summed E-state index contributed by atoms with van der Waals surface area (Å²) in [6.07, 6.45) is 2.95. The average Bonchev–Trinajstić information content (AvgIpc) is 3.27. The van der Waals surface area contributed by atoms with Crippen molar-refractivity contribution in [2.24, 2.45) is 39.8 Å². The summed E-state index contributed by atoms with van der Waals surface area (Å²) in [5, 5.41) is 12.9. The fraction of sp³-hybridized carbons (Fsp3) is 0.700. The van der Waals surface area contributed by atoms with E-state index in [1.165, 1.54) is 12.1 Å². The standard InChI is InChI=1S/C30H45BFN5O6/c1-17(2)12-26(31-42-25-16-20-15-24(29(20,4)5)30(25,6)43-31)35-27(39)19(8-7-11-34-28(33)36-37(40)41)14-23(38)21-13-18(3)9-10-22(21)32/h9-10,13,17,19-20,24-26H,7-8,11-12,14-16H2,1-6H3,(H,35,39)(H3,33,34,36)/t19-,20+,24+,25-,26+,30+/m1/s1. The summed E-state index contributed by atoms with van der Waals surface area (Å²) >= 11 is 0. The topological polar surface area (TPSA) is 158 Å². The van der Waals surface area contributed by atoms with Crippen LogP contribution in [0.1, 0.15) is 89.1 Å². The van der Waals surface area contributed by atoms with Crippen LogP contribution in [0.25, 0.3) is 0 Å². The number of carbonyl (C=O) groups is 2. The lowest BCUT2D eigenvalue weighted by atomic mass is 9.43. The van der Waals surface area contributed by atoms with Gasteiger partial charge in [0, 0.05) is 18.9 Å². The largest absolute Gasteiger partial charge is 0.481 e. The number of benzene rings is 1. The monoisotopic (exact) mass is 601 g/mol. The number of Topliss-reactive ketones (excluding diaryl/α,β-unsaturated/α-hetero) is 1. The van der Waals surface area contributed by atoms with E-state index in [1.54, 1.807) is 18.4 Å². The maximum atomic E-state index is 14.6. The van der Waals surface area contributed by atoms with Gasteiger partial charge in [-0.1, -0.05) is 44.8 Å². The third kappa shape index (κ3) is 7.20. The van der Waals surface area contributed by atoms with Crippen molar-refractivity contribution < 1.29 is 28.3 Å². The molecule has 13 heteroatoms. The first-order chi connectivity index (χ1) is 20.1. The summed E-state index contributed by atoms with van der Waals surface area (Å²) in [5.41, 5.74) is 7.70. The molecule has 4 fully saturated rings. The van der Waals surface area contributed by atoms with Crippen LogP contribution in [0.4, 0.5) is 4.39 Å². The molecule has 3 aliphatic carbocycles. The van der Waals surface area contributed by atoms with Gasteiger partial charge in [-0.2, -0.15) is 0 Å². The van der Waals surface area contributed by atoms with Crippen LogP contribution in [0, 0.1) is 51.9 Å². The number of nitrogens with one attached hydrogen (secondary N) is 2. The summed E-state index contributed by atoms with van der Waals surface area (Å²) < 4.78 is 27.7. The zero-order chi connectivity index (χ0) is 31.7. The molecule has 4 N–H and O–H groups in total. The van der Waals surface area contributed by atoms with Crippen molar-refractivity contribution in [2.75, 3.05) is 6.54 Å². The molecule has 3 saturated carbocycles. The molecule has 0 unspecified atom stereocenters. The second-order valence-corrected chi connectivity index (χ2v) is 13.7. The molecule has 11 nitrogen and oxygen atoms in total. The summed E-state index contributed by atoms with van der Waals surface area (Å²) in [7, 11) is -0.625. The Kier molecular flexibility index (Phi) is 9.85. The molecule has 43 heavy (non-hydrogen) atoms. The first kappa shape index (κ1) is 32.9. The Morgan fingerprint density at radius 3 is 2.65 bits per heavy atom. The van der Waals surface area contributed by atoms with E-state index in [1.807, 2.05) is 0 Å². The molecule has 5 rings (SSSR count). The minimum atomic E-state index is -0.812.